The van der Waals surface area contributed by atoms with Crippen molar-refractivity contribution in [3.63, 3.8) is 0 Å². The summed E-state index contributed by atoms with van der Waals surface area (Å²) in [7, 11) is 1.51. The Bertz CT molecular complexity index is 416. The fourth-order valence-electron chi connectivity index (χ4n) is 1.41. The maximum absolute atomic E-state index is 12.8. The predicted molar refractivity (Wildman–Crippen MR) is 72.1 cm³/mol. The van der Waals surface area contributed by atoms with Crippen LogP contribution < -0.4 is 10.1 Å². The molecule has 0 bridgehead atoms. The molecule has 18 heavy (non-hydrogen) atoms. The molecule has 1 rings (SSSR count). The quantitative estimate of drug-likeness (QED) is 0.787. The lowest BCUT2D eigenvalue weighted by Gasteiger charge is -2.16. The van der Waals surface area contributed by atoms with Crippen molar-refractivity contribution >= 4 is 31.9 Å². The van der Waals surface area contributed by atoms with Crippen molar-refractivity contribution in [1.29, 1.82) is 0 Å². The van der Waals surface area contributed by atoms with Crippen LogP contribution in [0.2, 0.25) is 0 Å². The molecule has 0 aromatic heterocycles. The predicted octanol–water partition coefficient (Wildman–Crippen LogP) is 2.94. The van der Waals surface area contributed by atoms with Crippen LogP contribution in [0.5, 0.6) is 5.75 Å². The molecule has 0 heterocycles. The van der Waals surface area contributed by atoms with Gasteiger partial charge in [-0.15, -0.1) is 0 Å². The van der Waals surface area contributed by atoms with Crippen molar-refractivity contribution < 1.29 is 18.6 Å². The third-order valence-electron chi connectivity index (χ3n) is 2.22. The lowest BCUT2D eigenvalue weighted by atomic mass is 10.2. The highest BCUT2D eigenvalue weighted by molar-refractivity contribution is 9.11. The Kier molecular flexibility index (Phi) is 5.97. The number of aliphatic hydroxyl groups is 1. The number of hydrogen-bond donors (Lipinski definition) is 2. The van der Waals surface area contributed by atoms with Crippen LogP contribution in [0.25, 0.3) is 0 Å². The SMILES string of the molecule is COc1c(Br)cc(Br)cc1CNCC(F)(F)CO. The summed E-state index contributed by atoms with van der Waals surface area (Å²) in [5.41, 5.74) is 0.743. The molecule has 2 N–H and O–H groups in total. The van der Waals surface area contributed by atoms with E-state index in [9.17, 15) is 8.78 Å². The number of alkyl halides is 2. The third-order valence-corrected chi connectivity index (χ3v) is 3.27. The molecule has 0 saturated carbocycles. The lowest BCUT2D eigenvalue weighted by molar-refractivity contribution is -0.0478. The molecule has 0 spiro atoms. The van der Waals surface area contributed by atoms with Gasteiger partial charge in [0.1, 0.15) is 12.4 Å². The zero-order valence-corrected chi connectivity index (χ0v) is 12.8. The first-order valence-corrected chi connectivity index (χ1v) is 6.69. The molecule has 3 nitrogen and oxygen atoms in total. The minimum Gasteiger partial charge on any atom is -0.495 e. The zero-order chi connectivity index (χ0) is 13.8. The van der Waals surface area contributed by atoms with E-state index >= 15 is 0 Å². The Balaban J connectivity index is 2.73. The second-order valence-electron chi connectivity index (χ2n) is 3.70. The van der Waals surface area contributed by atoms with E-state index in [0.29, 0.717) is 5.75 Å². The molecular formula is C11H13Br2F2NO2. The van der Waals surface area contributed by atoms with Gasteiger partial charge in [0.05, 0.1) is 18.1 Å². The first-order valence-electron chi connectivity index (χ1n) is 5.11. The summed E-state index contributed by atoms with van der Waals surface area (Å²) in [6.07, 6.45) is 0. The maximum Gasteiger partial charge on any atom is 0.282 e. The van der Waals surface area contributed by atoms with Crippen LogP contribution in [-0.2, 0) is 6.54 Å². The standard InChI is InChI=1S/C11H13Br2F2NO2/c1-18-10-7(2-8(12)3-9(10)13)4-16-5-11(14,15)6-17/h2-3,16-17H,4-6H2,1H3. The molecule has 0 fully saturated rings. The van der Waals surface area contributed by atoms with E-state index < -0.39 is 19.1 Å². The summed E-state index contributed by atoms with van der Waals surface area (Å²) in [4.78, 5) is 0. The molecule has 0 amide bonds. The molecule has 102 valence electrons. The van der Waals surface area contributed by atoms with E-state index in [1.165, 1.54) is 7.11 Å². The number of hydrogen-bond acceptors (Lipinski definition) is 3. The second kappa shape index (κ2) is 6.79. The van der Waals surface area contributed by atoms with Crippen LogP contribution in [0.1, 0.15) is 5.56 Å². The smallest absolute Gasteiger partial charge is 0.282 e. The molecule has 1 aromatic carbocycles. The molecule has 1 aromatic rings. The van der Waals surface area contributed by atoms with Crippen LogP contribution in [0.4, 0.5) is 8.78 Å². The van der Waals surface area contributed by atoms with Gasteiger partial charge in [-0.1, -0.05) is 15.9 Å². The summed E-state index contributed by atoms with van der Waals surface area (Å²) in [6.45, 7) is -1.53. The van der Waals surface area contributed by atoms with Crippen LogP contribution in [-0.4, -0.2) is 31.3 Å². The number of halogens is 4. The highest BCUT2D eigenvalue weighted by Crippen LogP contribution is 2.32. The molecule has 0 aliphatic rings. The van der Waals surface area contributed by atoms with E-state index in [1.807, 2.05) is 6.07 Å². The average Bonchev–Trinajstić information content (AvgIpc) is 2.28. The first-order chi connectivity index (χ1) is 8.39. The van der Waals surface area contributed by atoms with Gasteiger partial charge in [-0.05, 0) is 28.1 Å². The topological polar surface area (TPSA) is 41.5 Å². The van der Waals surface area contributed by atoms with Crippen molar-refractivity contribution in [2.24, 2.45) is 0 Å². The van der Waals surface area contributed by atoms with Crippen molar-refractivity contribution in [1.82, 2.24) is 5.32 Å². The van der Waals surface area contributed by atoms with Gasteiger partial charge in [0.15, 0.2) is 0 Å². The summed E-state index contributed by atoms with van der Waals surface area (Å²) in [6, 6.07) is 3.60. The Hall–Kier alpha value is -0.240. The highest BCUT2D eigenvalue weighted by atomic mass is 79.9. The zero-order valence-electron chi connectivity index (χ0n) is 9.64. The lowest BCUT2D eigenvalue weighted by Crippen LogP contribution is -2.35. The summed E-state index contributed by atoms with van der Waals surface area (Å²) >= 11 is 6.65. The number of rotatable bonds is 6. The van der Waals surface area contributed by atoms with Gasteiger partial charge in [-0.25, -0.2) is 8.78 Å². The van der Waals surface area contributed by atoms with Crippen molar-refractivity contribution in [2.75, 3.05) is 20.3 Å². The Morgan fingerprint density at radius 2 is 2.06 bits per heavy atom. The first kappa shape index (κ1) is 15.8. The third kappa shape index (κ3) is 4.46. The van der Waals surface area contributed by atoms with E-state index in [2.05, 4.69) is 37.2 Å². The van der Waals surface area contributed by atoms with Crippen LogP contribution in [0.15, 0.2) is 21.1 Å². The fraction of sp³-hybridized carbons (Fsp3) is 0.455. The number of ether oxygens (including phenoxy) is 1. The second-order valence-corrected chi connectivity index (χ2v) is 5.47. The monoisotopic (exact) mass is 387 g/mol. The molecule has 0 saturated heterocycles. The number of methoxy groups -OCH3 is 1. The van der Waals surface area contributed by atoms with Gasteiger partial charge in [-0.2, -0.15) is 0 Å². The molecular weight excluding hydrogens is 376 g/mol. The number of benzene rings is 1. The van der Waals surface area contributed by atoms with Gasteiger partial charge in [0, 0.05) is 16.6 Å². The van der Waals surface area contributed by atoms with Gasteiger partial charge in [-0.3, -0.25) is 0 Å². The summed E-state index contributed by atoms with van der Waals surface area (Å²) in [5.74, 6) is -2.52. The Labute approximate surface area is 121 Å². The minimum atomic E-state index is -3.11. The van der Waals surface area contributed by atoms with E-state index in [4.69, 9.17) is 9.84 Å². The van der Waals surface area contributed by atoms with Crippen LogP contribution in [0.3, 0.4) is 0 Å². The summed E-state index contributed by atoms with van der Waals surface area (Å²) in [5, 5.41) is 11.0. The van der Waals surface area contributed by atoms with Crippen LogP contribution in [0, 0.1) is 0 Å². The maximum atomic E-state index is 12.8. The normalized spacial score (nSPS) is 11.7. The molecule has 0 aliphatic carbocycles. The number of aliphatic hydroxyl groups excluding tert-OH is 1. The van der Waals surface area contributed by atoms with E-state index in [1.54, 1.807) is 6.07 Å². The Morgan fingerprint density at radius 3 is 2.61 bits per heavy atom. The average molecular weight is 389 g/mol. The molecule has 0 atom stereocenters. The van der Waals surface area contributed by atoms with Crippen molar-refractivity contribution in [3.05, 3.63) is 26.6 Å². The number of nitrogens with one attached hydrogen (secondary N) is 1. The van der Waals surface area contributed by atoms with E-state index in [0.717, 1.165) is 14.5 Å². The molecule has 7 heteroatoms. The van der Waals surface area contributed by atoms with Gasteiger partial charge in [0.25, 0.3) is 5.92 Å². The fourth-order valence-corrected chi connectivity index (χ4v) is 2.89. The van der Waals surface area contributed by atoms with Crippen molar-refractivity contribution in [3.8, 4) is 5.75 Å². The van der Waals surface area contributed by atoms with Gasteiger partial charge >= 0.3 is 0 Å². The largest absolute Gasteiger partial charge is 0.495 e. The molecule has 0 aliphatic heterocycles. The minimum absolute atomic E-state index is 0.219. The molecule has 0 radical (unpaired) electrons. The highest BCUT2D eigenvalue weighted by Gasteiger charge is 2.26. The van der Waals surface area contributed by atoms with Crippen molar-refractivity contribution in [2.45, 2.75) is 12.5 Å². The Morgan fingerprint density at radius 1 is 1.39 bits per heavy atom. The van der Waals surface area contributed by atoms with Crippen LogP contribution >= 0.6 is 31.9 Å². The van der Waals surface area contributed by atoms with E-state index in [-0.39, 0.29) is 6.54 Å². The molecule has 0 unspecified atom stereocenters. The van der Waals surface area contributed by atoms with Gasteiger partial charge < -0.3 is 15.2 Å². The summed E-state index contributed by atoms with van der Waals surface area (Å²) < 4.78 is 32.4. The van der Waals surface area contributed by atoms with Gasteiger partial charge in [0.2, 0.25) is 0 Å².